The van der Waals surface area contributed by atoms with E-state index < -0.39 is 0 Å². The molecule has 5 heteroatoms. The van der Waals surface area contributed by atoms with E-state index in [2.05, 4.69) is 36.4 Å². The third kappa shape index (κ3) is 4.28. The second-order valence-electron chi connectivity index (χ2n) is 4.55. The highest BCUT2D eigenvalue weighted by atomic mass is 16.3. The molecular weight excluding hydrogens is 204 g/mol. The Morgan fingerprint density at radius 2 is 2.19 bits per heavy atom. The summed E-state index contributed by atoms with van der Waals surface area (Å²) in [6.07, 6.45) is 1.86. The van der Waals surface area contributed by atoms with Gasteiger partial charge in [-0.2, -0.15) is 0 Å². The second kappa shape index (κ2) is 6.60. The molecule has 0 fully saturated rings. The lowest BCUT2D eigenvalue weighted by molar-refractivity contribution is 0.268. The highest BCUT2D eigenvalue weighted by Crippen LogP contribution is 2.07. The zero-order chi connectivity index (χ0) is 12.0. The summed E-state index contributed by atoms with van der Waals surface area (Å²) < 4.78 is 1.66. The van der Waals surface area contributed by atoms with E-state index in [0.29, 0.717) is 18.4 Å². The normalized spacial score (nSPS) is 13.3. The number of hydrogen-bond donors (Lipinski definition) is 2. The predicted octanol–water partition coefficient (Wildman–Crippen LogP) is 0.652. The first-order chi connectivity index (χ1) is 7.63. The smallest absolute Gasteiger partial charge is 0.0964 e. The molecule has 0 spiro atoms. The Morgan fingerprint density at radius 3 is 2.81 bits per heavy atom. The van der Waals surface area contributed by atoms with Crippen LogP contribution in [0.1, 0.15) is 26.5 Å². The molecule has 0 aliphatic rings. The maximum atomic E-state index is 8.73. The fraction of sp³-hybridized carbons (Fsp3) is 0.818. The molecule has 0 aliphatic heterocycles. The molecule has 0 aromatic carbocycles. The molecule has 16 heavy (non-hydrogen) atoms. The molecular formula is C11H22N4O. The zero-order valence-corrected chi connectivity index (χ0v) is 10.3. The van der Waals surface area contributed by atoms with Crippen molar-refractivity contribution >= 4 is 0 Å². The maximum absolute atomic E-state index is 8.73. The van der Waals surface area contributed by atoms with Gasteiger partial charge < -0.3 is 10.4 Å². The standard InChI is InChI=1S/C11H22N4O/c1-9(2)10(3)6-12-7-11-8-15(4-5-16)14-13-11/h8-10,12,16H,4-7H2,1-3H3. The van der Waals surface area contributed by atoms with E-state index in [0.717, 1.165) is 18.8 Å². The maximum Gasteiger partial charge on any atom is 0.0964 e. The number of rotatable bonds is 7. The molecule has 1 aromatic rings. The number of aliphatic hydroxyl groups is 1. The Bertz CT molecular complexity index is 298. The summed E-state index contributed by atoms with van der Waals surface area (Å²) in [6, 6.07) is 0. The molecule has 1 atom stereocenters. The molecule has 1 unspecified atom stereocenters. The van der Waals surface area contributed by atoms with Crippen LogP contribution in [0.15, 0.2) is 6.20 Å². The van der Waals surface area contributed by atoms with Gasteiger partial charge in [0, 0.05) is 12.7 Å². The van der Waals surface area contributed by atoms with Crippen molar-refractivity contribution in [3.63, 3.8) is 0 Å². The number of nitrogens with one attached hydrogen (secondary N) is 1. The number of aliphatic hydroxyl groups excluding tert-OH is 1. The first-order valence-corrected chi connectivity index (χ1v) is 5.84. The van der Waals surface area contributed by atoms with E-state index in [4.69, 9.17) is 5.11 Å². The minimum Gasteiger partial charge on any atom is -0.394 e. The van der Waals surface area contributed by atoms with Crippen LogP contribution in [0.2, 0.25) is 0 Å². The average molecular weight is 226 g/mol. The monoisotopic (exact) mass is 226 g/mol. The van der Waals surface area contributed by atoms with Crippen molar-refractivity contribution in [3.05, 3.63) is 11.9 Å². The number of aromatic nitrogens is 3. The van der Waals surface area contributed by atoms with Crippen LogP contribution < -0.4 is 5.32 Å². The van der Waals surface area contributed by atoms with Crippen molar-refractivity contribution in [1.82, 2.24) is 20.3 Å². The van der Waals surface area contributed by atoms with Gasteiger partial charge in [-0.25, -0.2) is 4.68 Å². The highest BCUT2D eigenvalue weighted by molar-refractivity contribution is 4.91. The zero-order valence-electron chi connectivity index (χ0n) is 10.3. The van der Waals surface area contributed by atoms with Gasteiger partial charge in [-0.15, -0.1) is 5.10 Å². The van der Waals surface area contributed by atoms with E-state index in [-0.39, 0.29) is 6.61 Å². The summed E-state index contributed by atoms with van der Waals surface area (Å²) in [5.41, 5.74) is 0.921. The van der Waals surface area contributed by atoms with Crippen LogP contribution in [-0.4, -0.2) is 33.3 Å². The first-order valence-electron chi connectivity index (χ1n) is 5.84. The van der Waals surface area contributed by atoms with Gasteiger partial charge >= 0.3 is 0 Å². The van der Waals surface area contributed by atoms with Crippen LogP contribution >= 0.6 is 0 Å². The van der Waals surface area contributed by atoms with Crippen molar-refractivity contribution in [1.29, 1.82) is 0 Å². The van der Waals surface area contributed by atoms with Crippen molar-refractivity contribution < 1.29 is 5.11 Å². The van der Waals surface area contributed by atoms with Crippen LogP contribution in [0.3, 0.4) is 0 Å². The Morgan fingerprint density at radius 1 is 1.44 bits per heavy atom. The number of nitrogens with zero attached hydrogens (tertiary/aromatic N) is 3. The molecule has 92 valence electrons. The summed E-state index contributed by atoms with van der Waals surface area (Å²) in [6.45, 7) is 9.02. The first kappa shape index (κ1) is 13.1. The molecule has 0 radical (unpaired) electrons. The molecule has 5 nitrogen and oxygen atoms in total. The summed E-state index contributed by atoms with van der Waals surface area (Å²) in [4.78, 5) is 0. The lowest BCUT2D eigenvalue weighted by atomic mass is 9.98. The van der Waals surface area contributed by atoms with Gasteiger partial charge in [0.25, 0.3) is 0 Å². The lowest BCUT2D eigenvalue weighted by Gasteiger charge is -2.15. The molecule has 0 amide bonds. The van der Waals surface area contributed by atoms with Crippen LogP contribution in [0.25, 0.3) is 0 Å². The summed E-state index contributed by atoms with van der Waals surface area (Å²) in [5, 5.41) is 20.0. The van der Waals surface area contributed by atoms with Crippen LogP contribution in [0, 0.1) is 11.8 Å². The molecule has 1 aromatic heterocycles. The Labute approximate surface area is 96.9 Å². The van der Waals surface area contributed by atoms with Crippen LogP contribution in [0.4, 0.5) is 0 Å². The number of hydrogen-bond acceptors (Lipinski definition) is 4. The lowest BCUT2D eigenvalue weighted by Crippen LogP contribution is -2.23. The SMILES string of the molecule is CC(C)C(C)CNCc1cn(CCO)nn1. The van der Waals surface area contributed by atoms with Gasteiger partial charge in [-0.1, -0.05) is 26.0 Å². The molecule has 0 bridgehead atoms. The van der Waals surface area contributed by atoms with Crippen LogP contribution in [0.5, 0.6) is 0 Å². The molecule has 2 N–H and O–H groups in total. The second-order valence-corrected chi connectivity index (χ2v) is 4.55. The van der Waals surface area contributed by atoms with E-state index in [1.807, 2.05) is 6.20 Å². The van der Waals surface area contributed by atoms with E-state index in [1.54, 1.807) is 4.68 Å². The van der Waals surface area contributed by atoms with Gasteiger partial charge in [0.05, 0.1) is 18.8 Å². The largest absolute Gasteiger partial charge is 0.394 e. The minimum absolute atomic E-state index is 0.0978. The van der Waals surface area contributed by atoms with E-state index in [1.165, 1.54) is 0 Å². The predicted molar refractivity (Wildman–Crippen MR) is 62.8 cm³/mol. The molecule has 1 rings (SSSR count). The van der Waals surface area contributed by atoms with Crippen molar-refractivity contribution in [2.45, 2.75) is 33.9 Å². The molecule has 1 heterocycles. The Balaban J connectivity index is 2.26. The van der Waals surface area contributed by atoms with E-state index >= 15 is 0 Å². The van der Waals surface area contributed by atoms with Crippen molar-refractivity contribution in [2.75, 3.05) is 13.2 Å². The van der Waals surface area contributed by atoms with Gasteiger partial charge in [0.15, 0.2) is 0 Å². The molecule has 0 saturated carbocycles. The fourth-order valence-electron chi connectivity index (χ4n) is 1.29. The fourth-order valence-corrected chi connectivity index (χ4v) is 1.29. The van der Waals surface area contributed by atoms with Gasteiger partial charge in [0.1, 0.15) is 0 Å². The third-order valence-electron chi connectivity index (χ3n) is 2.83. The summed E-state index contributed by atoms with van der Waals surface area (Å²) in [5.74, 6) is 1.35. The van der Waals surface area contributed by atoms with Gasteiger partial charge in [0.2, 0.25) is 0 Å². The van der Waals surface area contributed by atoms with Crippen molar-refractivity contribution in [3.8, 4) is 0 Å². The topological polar surface area (TPSA) is 63.0 Å². The summed E-state index contributed by atoms with van der Waals surface area (Å²) in [7, 11) is 0. The van der Waals surface area contributed by atoms with Crippen molar-refractivity contribution in [2.24, 2.45) is 11.8 Å². The molecule has 0 saturated heterocycles. The average Bonchev–Trinajstić information content (AvgIpc) is 2.66. The Kier molecular flexibility index (Phi) is 5.42. The highest BCUT2D eigenvalue weighted by Gasteiger charge is 2.06. The quantitative estimate of drug-likeness (QED) is 0.716. The summed E-state index contributed by atoms with van der Waals surface area (Å²) >= 11 is 0. The minimum atomic E-state index is 0.0978. The van der Waals surface area contributed by atoms with Gasteiger partial charge in [-0.05, 0) is 18.4 Å². The third-order valence-corrected chi connectivity index (χ3v) is 2.83. The van der Waals surface area contributed by atoms with E-state index in [9.17, 15) is 0 Å². The Hall–Kier alpha value is -0.940. The molecule has 0 aliphatic carbocycles. The van der Waals surface area contributed by atoms with Crippen LogP contribution in [-0.2, 0) is 13.1 Å². The van der Waals surface area contributed by atoms with Gasteiger partial charge in [-0.3, -0.25) is 0 Å².